The molecule has 0 N–H and O–H groups in total. The summed E-state index contributed by atoms with van der Waals surface area (Å²) in [6.45, 7) is 5.49. The van der Waals surface area contributed by atoms with Gasteiger partial charge in [-0.3, -0.25) is 9.59 Å². The van der Waals surface area contributed by atoms with Crippen LogP contribution in [0.1, 0.15) is 43.4 Å². The predicted molar refractivity (Wildman–Crippen MR) is 120 cm³/mol. The SMILES string of the molecule is CN1C[C@H]2C3(CCN(C(=O)/C=C/c4cccs4)CC3)CC[C@@]2(C(=O)N2CCCC2)C1. The Balaban J connectivity index is 1.28. The van der Waals surface area contributed by atoms with Gasteiger partial charge in [-0.25, -0.2) is 0 Å². The fraction of sp³-hybridized carbons (Fsp3) is 0.667. The van der Waals surface area contributed by atoms with Gasteiger partial charge >= 0.3 is 0 Å². The molecule has 5 rings (SSSR count). The second kappa shape index (κ2) is 7.79. The summed E-state index contributed by atoms with van der Waals surface area (Å²) in [6, 6.07) is 4.04. The van der Waals surface area contributed by atoms with Crippen LogP contribution in [0.4, 0.5) is 0 Å². The molecule has 162 valence electrons. The number of likely N-dealkylation sites (tertiary alicyclic amines) is 3. The van der Waals surface area contributed by atoms with Crippen molar-refractivity contribution in [3.05, 3.63) is 28.5 Å². The standard InChI is InChI=1S/C24H33N3O2S/c1-25-17-20-23(8-9-24(20,18-25)22(29)27-12-2-3-13-27)10-14-26(15-11-23)21(28)7-6-19-5-4-16-30-19/h4-7,16,20H,2-3,8-15,17-18H2,1H3/b7-6+/t20-,24+/m0/s1. The first-order chi connectivity index (χ1) is 14.5. The van der Waals surface area contributed by atoms with E-state index in [0.29, 0.717) is 11.8 Å². The third-order valence-electron chi connectivity index (χ3n) is 8.35. The van der Waals surface area contributed by atoms with E-state index in [4.69, 9.17) is 0 Å². The van der Waals surface area contributed by atoms with Gasteiger partial charge in [-0.05, 0) is 74.4 Å². The summed E-state index contributed by atoms with van der Waals surface area (Å²) in [5.74, 6) is 1.00. The highest BCUT2D eigenvalue weighted by Gasteiger charge is 2.64. The molecule has 3 aliphatic heterocycles. The van der Waals surface area contributed by atoms with Gasteiger partial charge in [0.25, 0.3) is 0 Å². The Kier molecular flexibility index (Phi) is 5.26. The number of piperidine rings is 1. The van der Waals surface area contributed by atoms with Gasteiger partial charge in [-0.2, -0.15) is 0 Å². The van der Waals surface area contributed by atoms with Gasteiger partial charge < -0.3 is 14.7 Å². The summed E-state index contributed by atoms with van der Waals surface area (Å²) in [5.41, 5.74) is 0.0543. The Morgan fingerprint density at radius 2 is 1.83 bits per heavy atom. The third-order valence-corrected chi connectivity index (χ3v) is 9.18. The summed E-state index contributed by atoms with van der Waals surface area (Å²) < 4.78 is 0. The second-order valence-corrected chi connectivity index (χ2v) is 10.9. The fourth-order valence-electron chi connectivity index (χ4n) is 6.80. The third kappa shape index (κ3) is 3.32. The molecule has 0 unspecified atom stereocenters. The molecule has 5 nitrogen and oxygen atoms in total. The lowest BCUT2D eigenvalue weighted by molar-refractivity contribution is -0.143. The number of amides is 2. The highest BCUT2D eigenvalue weighted by molar-refractivity contribution is 7.10. The van der Waals surface area contributed by atoms with Crippen molar-refractivity contribution in [1.82, 2.24) is 14.7 Å². The van der Waals surface area contributed by atoms with Gasteiger partial charge in [-0.1, -0.05) is 6.07 Å². The molecule has 4 heterocycles. The number of carbonyl (C=O) groups excluding carboxylic acids is 2. The molecule has 0 bridgehead atoms. The molecular formula is C24H33N3O2S. The topological polar surface area (TPSA) is 43.9 Å². The lowest BCUT2D eigenvalue weighted by atomic mass is 9.65. The molecular weight excluding hydrogens is 394 g/mol. The highest BCUT2D eigenvalue weighted by atomic mass is 32.1. The van der Waals surface area contributed by atoms with Crippen molar-refractivity contribution < 1.29 is 9.59 Å². The highest BCUT2D eigenvalue weighted by Crippen LogP contribution is 2.62. The van der Waals surface area contributed by atoms with Crippen LogP contribution in [0.2, 0.25) is 0 Å². The average Bonchev–Trinajstić information content (AvgIpc) is 3.54. The molecule has 6 heteroatoms. The van der Waals surface area contributed by atoms with Crippen LogP contribution in [0.5, 0.6) is 0 Å². The lowest BCUT2D eigenvalue weighted by Gasteiger charge is -2.44. The molecule has 3 saturated heterocycles. The smallest absolute Gasteiger partial charge is 0.246 e. The molecule has 1 saturated carbocycles. The van der Waals surface area contributed by atoms with Crippen LogP contribution in [-0.4, -0.2) is 72.8 Å². The fourth-order valence-corrected chi connectivity index (χ4v) is 7.41. The van der Waals surface area contributed by atoms with Crippen molar-refractivity contribution in [3.8, 4) is 0 Å². The van der Waals surface area contributed by atoms with E-state index in [1.165, 1.54) is 0 Å². The van der Waals surface area contributed by atoms with Crippen LogP contribution in [0.3, 0.4) is 0 Å². The summed E-state index contributed by atoms with van der Waals surface area (Å²) >= 11 is 1.65. The molecule has 0 aromatic carbocycles. The molecule has 2 atom stereocenters. The zero-order valence-electron chi connectivity index (χ0n) is 18.0. The summed E-state index contributed by atoms with van der Waals surface area (Å²) in [5, 5.41) is 2.03. The van der Waals surface area contributed by atoms with Crippen LogP contribution < -0.4 is 0 Å². The number of thiophene rings is 1. The molecule has 4 aliphatic rings. The van der Waals surface area contributed by atoms with Crippen molar-refractivity contribution >= 4 is 29.2 Å². The lowest BCUT2D eigenvalue weighted by Crippen LogP contribution is -2.50. The monoisotopic (exact) mass is 427 g/mol. The van der Waals surface area contributed by atoms with Crippen molar-refractivity contribution in [2.75, 3.05) is 46.3 Å². The summed E-state index contributed by atoms with van der Waals surface area (Å²) in [4.78, 5) is 34.0. The number of hydrogen-bond donors (Lipinski definition) is 0. The Labute approximate surface area is 183 Å². The zero-order chi connectivity index (χ0) is 20.8. The van der Waals surface area contributed by atoms with Crippen molar-refractivity contribution in [3.63, 3.8) is 0 Å². The molecule has 1 spiro atoms. The van der Waals surface area contributed by atoms with E-state index in [-0.39, 0.29) is 16.7 Å². The van der Waals surface area contributed by atoms with Crippen LogP contribution >= 0.6 is 11.3 Å². The van der Waals surface area contributed by atoms with E-state index in [1.807, 2.05) is 28.5 Å². The normalized spacial score (nSPS) is 31.2. The van der Waals surface area contributed by atoms with E-state index < -0.39 is 0 Å². The Bertz CT molecular complexity index is 822. The van der Waals surface area contributed by atoms with Gasteiger partial charge in [0.2, 0.25) is 11.8 Å². The second-order valence-electron chi connectivity index (χ2n) is 9.94. The minimum Gasteiger partial charge on any atom is -0.342 e. The number of rotatable bonds is 3. The molecule has 4 fully saturated rings. The van der Waals surface area contributed by atoms with E-state index in [9.17, 15) is 9.59 Å². The van der Waals surface area contributed by atoms with Gasteiger partial charge in [0.15, 0.2) is 0 Å². The molecule has 30 heavy (non-hydrogen) atoms. The quantitative estimate of drug-likeness (QED) is 0.695. The molecule has 1 aromatic rings. The molecule has 1 aliphatic carbocycles. The Morgan fingerprint density at radius 1 is 1.07 bits per heavy atom. The van der Waals surface area contributed by atoms with E-state index >= 15 is 0 Å². The van der Waals surface area contributed by atoms with Crippen LogP contribution in [-0.2, 0) is 9.59 Å². The van der Waals surface area contributed by atoms with Crippen LogP contribution in [0.25, 0.3) is 6.08 Å². The molecule has 0 radical (unpaired) electrons. The summed E-state index contributed by atoms with van der Waals surface area (Å²) in [6.07, 6.45) is 10.2. The van der Waals surface area contributed by atoms with Gasteiger partial charge in [0.1, 0.15) is 0 Å². The number of nitrogens with zero attached hydrogens (tertiary/aromatic N) is 3. The minimum absolute atomic E-state index is 0.124. The van der Waals surface area contributed by atoms with E-state index in [2.05, 4.69) is 16.8 Å². The first-order valence-electron chi connectivity index (χ1n) is 11.5. The number of hydrogen-bond acceptors (Lipinski definition) is 4. The predicted octanol–water partition coefficient (Wildman–Crippen LogP) is 3.33. The molecule has 1 aromatic heterocycles. The van der Waals surface area contributed by atoms with Crippen molar-refractivity contribution in [1.29, 1.82) is 0 Å². The average molecular weight is 428 g/mol. The van der Waals surface area contributed by atoms with Gasteiger partial charge in [0.05, 0.1) is 5.41 Å². The van der Waals surface area contributed by atoms with E-state index in [1.54, 1.807) is 17.4 Å². The molecule has 2 amide bonds. The van der Waals surface area contributed by atoms with Gasteiger partial charge in [-0.15, -0.1) is 11.3 Å². The van der Waals surface area contributed by atoms with Crippen LogP contribution in [0.15, 0.2) is 23.6 Å². The Morgan fingerprint density at radius 3 is 2.53 bits per heavy atom. The first kappa shape index (κ1) is 20.3. The van der Waals surface area contributed by atoms with E-state index in [0.717, 1.165) is 82.7 Å². The maximum atomic E-state index is 13.6. The maximum Gasteiger partial charge on any atom is 0.246 e. The largest absolute Gasteiger partial charge is 0.342 e. The zero-order valence-corrected chi connectivity index (χ0v) is 18.8. The number of fused-ring (bicyclic) bond motifs is 2. The van der Waals surface area contributed by atoms with Crippen molar-refractivity contribution in [2.24, 2.45) is 16.7 Å². The van der Waals surface area contributed by atoms with Crippen LogP contribution in [0, 0.1) is 16.7 Å². The first-order valence-corrected chi connectivity index (χ1v) is 12.4. The minimum atomic E-state index is -0.176. The van der Waals surface area contributed by atoms with Gasteiger partial charge in [0, 0.05) is 50.2 Å². The summed E-state index contributed by atoms with van der Waals surface area (Å²) in [7, 11) is 2.18. The van der Waals surface area contributed by atoms with Crippen molar-refractivity contribution in [2.45, 2.75) is 38.5 Å². The number of carbonyl (C=O) groups is 2. The Hall–Kier alpha value is -1.66. The maximum absolute atomic E-state index is 13.6.